The van der Waals surface area contributed by atoms with E-state index in [2.05, 4.69) is 31.2 Å². The number of carbonyl (C=O) groups excluding carboxylic acids is 1. The van der Waals surface area contributed by atoms with Crippen molar-refractivity contribution >= 4 is 33.0 Å². The van der Waals surface area contributed by atoms with Crippen LogP contribution in [0.5, 0.6) is 0 Å². The Morgan fingerprint density at radius 1 is 1.18 bits per heavy atom. The molecule has 2 N–H and O–H groups in total. The predicted octanol–water partition coefficient (Wildman–Crippen LogP) is 4.10. The van der Waals surface area contributed by atoms with Gasteiger partial charge in [0.2, 0.25) is 0 Å². The molecule has 2 aromatic heterocycles. The highest BCUT2D eigenvalue weighted by molar-refractivity contribution is 7.16. The van der Waals surface area contributed by atoms with Gasteiger partial charge in [-0.25, -0.2) is 4.98 Å². The summed E-state index contributed by atoms with van der Waals surface area (Å²) in [5, 5.41) is 2.88. The van der Waals surface area contributed by atoms with E-state index in [0.717, 1.165) is 22.3 Å². The fraction of sp³-hybridized carbons (Fsp3) is 0.222. The maximum absolute atomic E-state index is 12.6. The standard InChI is InChI=1S/C18H16N2OS/c1-10-2-4-11(5-3-10)12-8-14-16(15(21)9-12)17(19)13-6-7-22-18(13)20-14/h2-7,12H,8-9H2,1H3,(H2,19,20). The second-order valence-electron chi connectivity index (χ2n) is 5.93. The average Bonchev–Trinajstić information content (AvgIpc) is 2.96. The van der Waals surface area contributed by atoms with Crippen molar-refractivity contribution in [1.82, 2.24) is 4.98 Å². The Kier molecular flexibility index (Phi) is 3.01. The van der Waals surface area contributed by atoms with Gasteiger partial charge in [-0.1, -0.05) is 29.8 Å². The van der Waals surface area contributed by atoms with Crippen LogP contribution >= 0.6 is 11.3 Å². The van der Waals surface area contributed by atoms with Crippen molar-refractivity contribution in [3.8, 4) is 0 Å². The number of nitrogens with zero attached hydrogens (tertiary/aromatic N) is 1. The normalized spacial score (nSPS) is 17.7. The highest BCUT2D eigenvalue weighted by Crippen LogP contribution is 2.38. The van der Waals surface area contributed by atoms with Gasteiger partial charge in [0.05, 0.1) is 16.9 Å². The lowest BCUT2D eigenvalue weighted by molar-refractivity contribution is 0.0964. The summed E-state index contributed by atoms with van der Waals surface area (Å²) in [4.78, 5) is 18.2. The van der Waals surface area contributed by atoms with Crippen molar-refractivity contribution < 1.29 is 4.79 Å². The maximum Gasteiger partial charge on any atom is 0.167 e. The van der Waals surface area contributed by atoms with Crippen molar-refractivity contribution in [2.24, 2.45) is 0 Å². The molecular weight excluding hydrogens is 292 g/mol. The first-order valence-corrected chi connectivity index (χ1v) is 8.27. The molecule has 0 fully saturated rings. The summed E-state index contributed by atoms with van der Waals surface area (Å²) in [5.41, 5.74) is 10.8. The van der Waals surface area contributed by atoms with Crippen LogP contribution in [0.2, 0.25) is 0 Å². The number of aromatic nitrogens is 1. The van der Waals surface area contributed by atoms with Gasteiger partial charge in [-0.3, -0.25) is 4.79 Å². The van der Waals surface area contributed by atoms with Crippen molar-refractivity contribution in [3.63, 3.8) is 0 Å². The van der Waals surface area contributed by atoms with Gasteiger partial charge in [-0.2, -0.15) is 0 Å². The third-order valence-electron chi connectivity index (χ3n) is 4.43. The molecule has 0 saturated heterocycles. The minimum absolute atomic E-state index is 0.116. The van der Waals surface area contributed by atoms with E-state index in [-0.39, 0.29) is 11.7 Å². The number of hydrogen-bond acceptors (Lipinski definition) is 4. The van der Waals surface area contributed by atoms with E-state index in [1.807, 2.05) is 11.4 Å². The molecule has 1 aliphatic rings. The first-order chi connectivity index (χ1) is 10.6. The predicted molar refractivity (Wildman–Crippen MR) is 90.6 cm³/mol. The molecule has 22 heavy (non-hydrogen) atoms. The van der Waals surface area contributed by atoms with E-state index in [1.165, 1.54) is 11.1 Å². The molecule has 2 heterocycles. The Balaban J connectivity index is 1.81. The summed E-state index contributed by atoms with van der Waals surface area (Å²) in [7, 11) is 0. The number of ketones is 1. The Bertz CT molecular complexity index is 880. The second kappa shape index (κ2) is 4.92. The molecule has 110 valence electrons. The van der Waals surface area contributed by atoms with Crippen LogP contribution in [-0.4, -0.2) is 10.8 Å². The topological polar surface area (TPSA) is 56.0 Å². The van der Waals surface area contributed by atoms with Crippen molar-refractivity contribution in [2.45, 2.75) is 25.7 Å². The number of nitrogens with two attached hydrogens (primary N) is 1. The number of aryl methyl sites for hydroxylation is 1. The number of pyridine rings is 1. The molecule has 1 atom stereocenters. The molecule has 1 aromatic carbocycles. The number of hydrogen-bond donors (Lipinski definition) is 1. The monoisotopic (exact) mass is 308 g/mol. The van der Waals surface area contributed by atoms with E-state index in [9.17, 15) is 4.79 Å². The van der Waals surface area contributed by atoms with Crippen molar-refractivity contribution in [2.75, 3.05) is 5.73 Å². The van der Waals surface area contributed by atoms with Gasteiger partial charge in [0, 0.05) is 11.8 Å². The van der Waals surface area contributed by atoms with E-state index < -0.39 is 0 Å². The molecule has 1 aliphatic carbocycles. The zero-order chi connectivity index (χ0) is 15.3. The van der Waals surface area contributed by atoms with Crippen LogP contribution < -0.4 is 5.73 Å². The van der Waals surface area contributed by atoms with Gasteiger partial charge in [0.1, 0.15) is 4.83 Å². The van der Waals surface area contributed by atoms with Crippen LogP contribution in [0.25, 0.3) is 10.2 Å². The quantitative estimate of drug-likeness (QED) is 0.736. The highest BCUT2D eigenvalue weighted by atomic mass is 32.1. The number of anilines is 1. The average molecular weight is 308 g/mol. The number of Topliss-reactive ketones (excluding diaryl/α,β-unsaturated/α-hetero) is 1. The third-order valence-corrected chi connectivity index (χ3v) is 5.24. The van der Waals surface area contributed by atoms with Crippen LogP contribution in [0.15, 0.2) is 35.7 Å². The Morgan fingerprint density at radius 2 is 1.95 bits per heavy atom. The zero-order valence-corrected chi connectivity index (χ0v) is 13.1. The fourth-order valence-corrected chi connectivity index (χ4v) is 4.03. The summed E-state index contributed by atoms with van der Waals surface area (Å²) in [6.07, 6.45) is 1.29. The van der Waals surface area contributed by atoms with Gasteiger partial charge in [-0.15, -0.1) is 11.3 Å². The number of carbonyl (C=O) groups is 1. The summed E-state index contributed by atoms with van der Waals surface area (Å²) < 4.78 is 0. The lowest BCUT2D eigenvalue weighted by Gasteiger charge is -2.24. The molecule has 3 nitrogen and oxygen atoms in total. The molecular formula is C18H16N2OS. The molecule has 3 aromatic rings. The minimum atomic E-state index is 0.116. The van der Waals surface area contributed by atoms with Crippen LogP contribution in [0.3, 0.4) is 0 Å². The van der Waals surface area contributed by atoms with E-state index in [4.69, 9.17) is 10.7 Å². The van der Waals surface area contributed by atoms with Crippen molar-refractivity contribution in [1.29, 1.82) is 0 Å². The molecule has 0 radical (unpaired) electrons. The molecule has 0 spiro atoms. The van der Waals surface area contributed by atoms with Gasteiger partial charge >= 0.3 is 0 Å². The van der Waals surface area contributed by atoms with Gasteiger partial charge in [0.25, 0.3) is 0 Å². The van der Waals surface area contributed by atoms with Crippen LogP contribution in [0, 0.1) is 6.92 Å². The molecule has 0 amide bonds. The Hall–Kier alpha value is -2.20. The molecule has 1 unspecified atom stereocenters. The maximum atomic E-state index is 12.6. The minimum Gasteiger partial charge on any atom is -0.398 e. The zero-order valence-electron chi connectivity index (χ0n) is 12.3. The molecule has 0 aliphatic heterocycles. The Labute approximate surface area is 132 Å². The first-order valence-electron chi connectivity index (χ1n) is 7.39. The van der Waals surface area contributed by atoms with Crippen LogP contribution in [0.4, 0.5) is 5.69 Å². The lowest BCUT2D eigenvalue weighted by atomic mass is 9.81. The van der Waals surface area contributed by atoms with Gasteiger partial charge in [0.15, 0.2) is 5.78 Å². The van der Waals surface area contributed by atoms with Crippen molar-refractivity contribution in [3.05, 3.63) is 58.1 Å². The third kappa shape index (κ3) is 2.03. The largest absolute Gasteiger partial charge is 0.398 e. The van der Waals surface area contributed by atoms with E-state index in [1.54, 1.807) is 11.3 Å². The molecule has 4 rings (SSSR count). The molecule has 4 heteroatoms. The summed E-state index contributed by atoms with van der Waals surface area (Å²) >= 11 is 1.57. The summed E-state index contributed by atoms with van der Waals surface area (Å²) in [6, 6.07) is 10.4. The van der Waals surface area contributed by atoms with E-state index in [0.29, 0.717) is 17.7 Å². The number of rotatable bonds is 1. The smallest absolute Gasteiger partial charge is 0.167 e. The molecule has 0 saturated carbocycles. The second-order valence-corrected chi connectivity index (χ2v) is 6.82. The molecule has 0 bridgehead atoms. The number of benzene rings is 1. The van der Waals surface area contributed by atoms with Crippen LogP contribution in [0.1, 0.15) is 39.5 Å². The number of nitrogen functional groups attached to an aromatic ring is 1. The van der Waals surface area contributed by atoms with Crippen LogP contribution in [-0.2, 0) is 6.42 Å². The lowest BCUT2D eigenvalue weighted by Crippen LogP contribution is -2.21. The first kappa shape index (κ1) is 13.5. The number of thiophene rings is 1. The SMILES string of the molecule is Cc1ccc(C2CC(=O)c3c(nc4sccc4c3N)C2)cc1. The fourth-order valence-electron chi connectivity index (χ4n) is 3.23. The van der Waals surface area contributed by atoms with Gasteiger partial charge in [-0.05, 0) is 36.3 Å². The highest BCUT2D eigenvalue weighted by Gasteiger charge is 2.30. The number of fused-ring (bicyclic) bond motifs is 2. The van der Waals surface area contributed by atoms with Gasteiger partial charge < -0.3 is 5.73 Å². The van der Waals surface area contributed by atoms with E-state index >= 15 is 0 Å². The Morgan fingerprint density at radius 3 is 2.73 bits per heavy atom. The summed E-state index contributed by atoms with van der Waals surface area (Å²) in [6.45, 7) is 2.07. The summed E-state index contributed by atoms with van der Waals surface area (Å²) in [5.74, 6) is 0.315.